The highest BCUT2D eigenvalue weighted by Gasteiger charge is 2.41. The maximum atomic E-state index is 15.2. The second-order valence-electron chi connectivity index (χ2n) is 7.84. The molecule has 1 aliphatic rings. The molecular weight excluding hydrogens is 485 g/mol. The number of amides is 2. The highest BCUT2D eigenvalue weighted by molar-refractivity contribution is 7.92. The number of nitrogens with one attached hydrogen (secondary N) is 1. The fraction of sp³-hybridized carbons (Fsp3) is 0.174. The Morgan fingerprint density at radius 1 is 1.09 bits per heavy atom. The molecule has 11 heteroatoms. The molecule has 3 aromatic rings. The summed E-state index contributed by atoms with van der Waals surface area (Å²) >= 11 is 5.80. The quantitative estimate of drug-likeness (QED) is 0.485. The average Bonchev–Trinajstić information content (AvgIpc) is 3.01. The Labute approximate surface area is 200 Å². The maximum absolute atomic E-state index is 15.2. The van der Waals surface area contributed by atoms with Crippen molar-refractivity contribution in [2.24, 2.45) is 0 Å². The number of aromatic nitrogens is 1. The number of hydrogen-bond donors (Lipinski definition) is 1. The molecule has 0 bridgehead atoms. The summed E-state index contributed by atoms with van der Waals surface area (Å²) in [5.41, 5.74) is 0.0560. The second-order valence-corrected chi connectivity index (χ2v) is 9.96. The van der Waals surface area contributed by atoms with Crippen LogP contribution in [0.15, 0.2) is 53.4 Å². The predicted molar refractivity (Wildman–Crippen MR) is 123 cm³/mol. The van der Waals surface area contributed by atoms with E-state index in [2.05, 4.69) is 9.71 Å². The first-order valence-corrected chi connectivity index (χ1v) is 12.0. The van der Waals surface area contributed by atoms with Crippen molar-refractivity contribution in [3.05, 3.63) is 76.2 Å². The van der Waals surface area contributed by atoms with Gasteiger partial charge in [-0.15, -0.1) is 0 Å². The van der Waals surface area contributed by atoms with Gasteiger partial charge in [-0.2, -0.15) is 0 Å². The highest BCUT2D eigenvalue weighted by Crippen LogP contribution is 2.36. The number of hydrogen-bond acceptors (Lipinski definition) is 6. The zero-order valence-electron chi connectivity index (χ0n) is 18.3. The van der Waals surface area contributed by atoms with Gasteiger partial charge in [0.2, 0.25) is 5.88 Å². The van der Waals surface area contributed by atoms with Crippen molar-refractivity contribution in [1.29, 1.82) is 0 Å². The lowest BCUT2D eigenvalue weighted by Crippen LogP contribution is -2.36. The lowest BCUT2D eigenvalue weighted by atomic mass is 10.1. The maximum Gasteiger partial charge on any atom is 0.267 e. The summed E-state index contributed by atoms with van der Waals surface area (Å²) in [5.74, 6) is -2.73. The Hall–Kier alpha value is -3.50. The Kier molecular flexibility index (Phi) is 6.05. The Bertz CT molecular complexity index is 1430. The summed E-state index contributed by atoms with van der Waals surface area (Å²) in [4.78, 5) is 30.7. The molecule has 2 aromatic carbocycles. The van der Waals surface area contributed by atoms with Crippen molar-refractivity contribution in [2.75, 3.05) is 4.72 Å². The first kappa shape index (κ1) is 23.7. The molecule has 2 heterocycles. The van der Waals surface area contributed by atoms with Gasteiger partial charge in [0.15, 0.2) is 11.6 Å². The fourth-order valence-electron chi connectivity index (χ4n) is 3.50. The molecule has 1 aliphatic heterocycles. The summed E-state index contributed by atoms with van der Waals surface area (Å²) < 4.78 is 48.3. The SMILES string of the molecule is Cc1cc2c(c(Oc3cccc(NS(=O)(=O)c4ccc(Cl)cc4)c3F)n1)C(=O)N(C(C)C)C2=O. The van der Waals surface area contributed by atoms with Gasteiger partial charge < -0.3 is 4.74 Å². The third kappa shape index (κ3) is 4.22. The number of carbonyl (C=O) groups is 2. The van der Waals surface area contributed by atoms with E-state index in [0.717, 1.165) is 4.90 Å². The average molecular weight is 504 g/mol. The predicted octanol–water partition coefficient (Wildman–Crippen LogP) is 4.78. The third-order valence-electron chi connectivity index (χ3n) is 5.05. The number of benzene rings is 2. The lowest BCUT2D eigenvalue weighted by Gasteiger charge is -2.17. The molecule has 0 aliphatic carbocycles. The molecule has 0 spiro atoms. The van der Waals surface area contributed by atoms with Gasteiger partial charge in [0.1, 0.15) is 5.56 Å². The molecule has 2 amide bonds. The van der Waals surface area contributed by atoms with E-state index in [1.807, 2.05) is 0 Å². The van der Waals surface area contributed by atoms with Crippen LogP contribution in [-0.2, 0) is 10.0 Å². The first-order valence-electron chi connectivity index (χ1n) is 10.1. The smallest absolute Gasteiger partial charge is 0.267 e. The molecule has 0 unspecified atom stereocenters. The third-order valence-corrected chi connectivity index (χ3v) is 6.68. The van der Waals surface area contributed by atoms with Gasteiger partial charge in [-0.1, -0.05) is 17.7 Å². The number of imide groups is 1. The van der Waals surface area contributed by atoms with E-state index in [-0.39, 0.29) is 33.3 Å². The molecule has 176 valence electrons. The van der Waals surface area contributed by atoms with Crippen LogP contribution in [0.4, 0.5) is 10.1 Å². The van der Waals surface area contributed by atoms with E-state index in [1.54, 1.807) is 20.8 Å². The number of rotatable bonds is 6. The number of ether oxygens (including phenoxy) is 1. The number of halogens is 2. The molecule has 8 nitrogen and oxygen atoms in total. The number of anilines is 1. The Morgan fingerprint density at radius 3 is 2.41 bits per heavy atom. The summed E-state index contributed by atoms with van der Waals surface area (Å²) in [6, 6.07) is 10.3. The summed E-state index contributed by atoms with van der Waals surface area (Å²) in [7, 11) is -4.12. The Balaban J connectivity index is 1.70. The summed E-state index contributed by atoms with van der Waals surface area (Å²) in [5, 5.41) is 0.350. The van der Waals surface area contributed by atoms with E-state index >= 15 is 4.39 Å². The highest BCUT2D eigenvalue weighted by atomic mass is 35.5. The topological polar surface area (TPSA) is 106 Å². The van der Waals surface area contributed by atoms with Crippen molar-refractivity contribution in [3.8, 4) is 11.6 Å². The molecule has 0 radical (unpaired) electrons. The van der Waals surface area contributed by atoms with Crippen LogP contribution in [-0.4, -0.2) is 36.2 Å². The van der Waals surface area contributed by atoms with Crippen LogP contribution < -0.4 is 9.46 Å². The minimum absolute atomic E-state index is 0.0733. The molecule has 1 aromatic heterocycles. The summed E-state index contributed by atoms with van der Waals surface area (Å²) in [6.45, 7) is 4.99. The van der Waals surface area contributed by atoms with E-state index in [9.17, 15) is 18.0 Å². The molecule has 1 N–H and O–H groups in total. The zero-order valence-corrected chi connectivity index (χ0v) is 19.9. The van der Waals surface area contributed by atoms with Crippen LogP contribution in [0.2, 0.25) is 5.02 Å². The van der Waals surface area contributed by atoms with Gasteiger partial charge in [-0.3, -0.25) is 19.2 Å². The number of carbonyl (C=O) groups excluding carboxylic acids is 2. The molecular formula is C23H19ClFN3O5S. The van der Waals surface area contributed by atoms with Gasteiger partial charge in [0.25, 0.3) is 21.8 Å². The van der Waals surface area contributed by atoms with Gasteiger partial charge >= 0.3 is 0 Å². The molecule has 0 saturated carbocycles. The van der Waals surface area contributed by atoms with E-state index in [0.29, 0.717) is 10.7 Å². The van der Waals surface area contributed by atoms with Crippen LogP contribution in [0.1, 0.15) is 40.3 Å². The zero-order chi connectivity index (χ0) is 24.8. The van der Waals surface area contributed by atoms with Crippen molar-refractivity contribution < 1.29 is 27.1 Å². The van der Waals surface area contributed by atoms with Crippen LogP contribution in [0, 0.1) is 12.7 Å². The van der Waals surface area contributed by atoms with Crippen LogP contribution in [0.25, 0.3) is 0 Å². The fourth-order valence-corrected chi connectivity index (χ4v) is 4.68. The van der Waals surface area contributed by atoms with Gasteiger partial charge in [-0.25, -0.2) is 17.8 Å². The molecule has 0 atom stereocenters. The normalized spacial score (nSPS) is 13.4. The number of aryl methyl sites for hydroxylation is 1. The number of sulfonamides is 1. The van der Waals surface area contributed by atoms with E-state index in [4.69, 9.17) is 16.3 Å². The Morgan fingerprint density at radius 2 is 1.76 bits per heavy atom. The van der Waals surface area contributed by atoms with Crippen molar-refractivity contribution >= 4 is 39.1 Å². The van der Waals surface area contributed by atoms with Gasteiger partial charge in [0, 0.05) is 16.8 Å². The lowest BCUT2D eigenvalue weighted by molar-refractivity contribution is 0.0608. The number of pyridine rings is 1. The first-order chi connectivity index (χ1) is 16.0. The van der Waals surface area contributed by atoms with Crippen molar-refractivity contribution in [1.82, 2.24) is 9.88 Å². The van der Waals surface area contributed by atoms with Gasteiger partial charge in [-0.05, 0) is 63.2 Å². The van der Waals surface area contributed by atoms with E-state index < -0.39 is 33.7 Å². The monoisotopic (exact) mass is 503 g/mol. The molecule has 0 saturated heterocycles. The largest absolute Gasteiger partial charge is 0.435 e. The molecule has 4 rings (SSSR count). The minimum Gasteiger partial charge on any atom is -0.435 e. The molecule has 0 fully saturated rings. The van der Waals surface area contributed by atoms with Gasteiger partial charge in [0.05, 0.1) is 16.1 Å². The standard InChI is InChI=1S/C23H19ClFN3O5S/c1-12(2)28-22(29)16-11-13(3)26-21(19(16)23(28)30)33-18-6-4-5-17(20(18)25)27-34(31,32)15-9-7-14(24)8-10-15/h4-12,27H,1-3H3. The number of fused-ring (bicyclic) bond motifs is 1. The summed E-state index contributed by atoms with van der Waals surface area (Å²) in [6.07, 6.45) is 0. The van der Waals surface area contributed by atoms with Crippen LogP contribution in [0.3, 0.4) is 0 Å². The molecule has 34 heavy (non-hydrogen) atoms. The van der Waals surface area contributed by atoms with Crippen LogP contribution >= 0.6 is 11.6 Å². The van der Waals surface area contributed by atoms with Crippen LogP contribution in [0.5, 0.6) is 11.6 Å². The van der Waals surface area contributed by atoms with Crippen molar-refractivity contribution in [3.63, 3.8) is 0 Å². The number of nitrogens with zero attached hydrogens (tertiary/aromatic N) is 2. The van der Waals surface area contributed by atoms with E-state index in [1.165, 1.54) is 48.5 Å². The second kappa shape index (κ2) is 8.69. The minimum atomic E-state index is -4.12. The van der Waals surface area contributed by atoms with Crippen molar-refractivity contribution in [2.45, 2.75) is 31.7 Å².